The molecule has 196 valence electrons. The van der Waals surface area contributed by atoms with E-state index in [0.29, 0.717) is 22.3 Å². The molecule has 6 nitrogen and oxygen atoms in total. The molecule has 1 aliphatic heterocycles. The van der Waals surface area contributed by atoms with Crippen molar-refractivity contribution in [2.24, 2.45) is 5.92 Å². The molecule has 1 N–H and O–H groups in total. The Balaban J connectivity index is 1.73. The van der Waals surface area contributed by atoms with E-state index in [-0.39, 0.29) is 11.8 Å². The Morgan fingerprint density at radius 1 is 0.744 bits per heavy atom. The molecule has 39 heavy (non-hydrogen) atoms. The number of rotatable bonds is 7. The van der Waals surface area contributed by atoms with Crippen LogP contribution in [0.1, 0.15) is 58.0 Å². The van der Waals surface area contributed by atoms with Gasteiger partial charge in [-0.15, -0.1) is 0 Å². The predicted molar refractivity (Wildman–Crippen MR) is 149 cm³/mol. The summed E-state index contributed by atoms with van der Waals surface area (Å²) in [5.41, 5.74) is 0.664. The van der Waals surface area contributed by atoms with Gasteiger partial charge in [0.15, 0.2) is 5.54 Å². The van der Waals surface area contributed by atoms with Crippen LogP contribution in [0.15, 0.2) is 121 Å². The van der Waals surface area contributed by atoms with E-state index in [1.54, 1.807) is 48.5 Å². The lowest BCUT2D eigenvalue weighted by atomic mass is 9.75. The molecule has 3 atom stereocenters. The second kappa shape index (κ2) is 11.0. The van der Waals surface area contributed by atoms with Crippen molar-refractivity contribution < 1.29 is 19.1 Å². The van der Waals surface area contributed by atoms with E-state index in [4.69, 9.17) is 4.74 Å². The van der Waals surface area contributed by atoms with Gasteiger partial charge in [-0.3, -0.25) is 14.5 Å². The summed E-state index contributed by atoms with van der Waals surface area (Å²) in [5, 5.41) is 3.12. The molecule has 4 aromatic carbocycles. The molecule has 0 aliphatic carbocycles. The van der Waals surface area contributed by atoms with E-state index >= 15 is 0 Å². The Labute approximate surface area is 228 Å². The average Bonchev–Trinajstić information content (AvgIpc) is 3.30. The molecule has 1 fully saturated rings. The maximum Gasteiger partial charge on any atom is 0.337 e. The molecule has 0 saturated carbocycles. The molecule has 4 aromatic rings. The Kier molecular flexibility index (Phi) is 7.28. The highest BCUT2D eigenvalue weighted by Gasteiger charge is 2.64. The first-order valence-electron chi connectivity index (χ1n) is 13.0. The molecule has 1 saturated heterocycles. The molecule has 0 spiro atoms. The summed E-state index contributed by atoms with van der Waals surface area (Å²) in [5.74, 6) is -1.73. The van der Waals surface area contributed by atoms with Crippen molar-refractivity contribution in [3.8, 4) is 0 Å². The van der Waals surface area contributed by atoms with Crippen LogP contribution in [0.4, 0.5) is 0 Å². The number of nitrogens with one attached hydrogen (secondary N) is 1. The number of benzene rings is 4. The van der Waals surface area contributed by atoms with Crippen LogP contribution in [0.3, 0.4) is 0 Å². The number of hydrogen-bond acceptors (Lipinski definition) is 4. The van der Waals surface area contributed by atoms with Gasteiger partial charge in [0, 0.05) is 16.7 Å². The van der Waals surface area contributed by atoms with Gasteiger partial charge in [0.1, 0.15) is 0 Å². The molecule has 0 aromatic heterocycles. The summed E-state index contributed by atoms with van der Waals surface area (Å²) in [6.45, 7) is 3.76. The lowest BCUT2D eigenvalue weighted by Gasteiger charge is -2.45. The fourth-order valence-electron chi connectivity index (χ4n) is 5.37. The minimum atomic E-state index is -1.56. The fourth-order valence-corrected chi connectivity index (χ4v) is 5.37. The normalized spacial score (nSPS) is 19.4. The second-order valence-electron chi connectivity index (χ2n) is 9.87. The van der Waals surface area contributed by atoms with E-state index in [1.807, 2.05) is 86.6 Å². The molecule has 1 aliphatic rings. The molecule has 0 unspecified atom stereocenters. The zero-order valence-electron chi connectivity index (χ0n) is 21.9. The van der Waals surface area contributed by atoms with Crippen molar-refractivity contribution in [3.63, 3.8) is 0 Å². The Bertz CT molecular complexity index is 1440. The van der Waals surface area contributed by atoms with E-state index in [0.717, 1.165) is 0 Å². The lowest BCUT2D eigenvalue weighted by Crippen LogP contribution is -2.63. The van der Waals surface area contributed by atoms with E-state index in [2.05, 4.69) is 5.32 Å². The van der Waals surface area contributed by atoms with Crippen molar-refractivity contribution in [1.29, 1.82) is 0 Å². The smallest absolute Gasteiger partial charge is 0.337 e. The highest BCUT2D eigenvalue weighted by molar-refractivity contribution is 6.01. The quantitative estimate of drug-likeness (QED) is 0.307. The molecular formula is C33H30N2O4. The molecule has 2 amide bonds. The van der Waals surface area contributed by atoms with Gasteiger partial charge < -0.3 is 10.1 Å². The number of carbonyl (C=O) groups excluding carboxylic acids is 3. The molecule has 6 heteroatoms. The molecule has 5 rings (SSSR count). The van der Waals surface area contributed by atoms with Gasteiger partial charge >= 0.3 is 5.97 Å². The van der Waals surface area contributed by atoms with Crippen LogP contribution >= 0.6 is 0 Å². The first-order valence-corrected chi connectivity index (χ1v) is 13.0. The molecule has 0 radical (unpaired) electrons. The van der Waals surface area contributed by atoms with Crippen LogP contribution in [-0.2, 0) is 9.53 Å². The highest BCUT2D eigenvalue weighted by atomic mass is 16.6. The molecular weight excluding hydrogens is 488 g/mol. The van der Waals surface area contributed by atoms with E-state index < -0.39 is 29.7 Å². The Hall–Kier alpha value is -4.71. The van der Waals surface area contributed by atoms with Crippen molar-refractivity contribution in [1.82, 2.24) is 10.2 Å². The first-order chi connectivity index (χ1) is 18.9. The van der Waals surface area contributed by atoms with E-state index in [9.17, 15) is 14.4 Å². The average molecular weight is 519 g/mol. The van der Waals surface area contributed by atoms with Gasteiger partial charge in [-0.2, -0.15) is 0 Å². The first kappa shape index (κ1) is 25.9. The number of amides is 2. The van der Waals surface area contributed by atoms with E-state index in [1.165, 1.54) is 4.90 Å². The number of esters is 1. The van der Waals surface area contributed by atoms with Gasteiger partial charge in [-0.25, -0.2) is 4.79 Å². The van der Waals surface area contributed by atoms with Crippen molar-refractivity contribution in [3.05, 3.63) is 144 Å². The van der Waals surface area contributed by atoms with Gasteiger partial charge in [0.2, 0.25) is 6.23 Å². The van der Waals surface area contributed by atoms with Crippen molar-refractivity contribution >= 4 is 17.8 Å². The van der Waals surface area contributed by atoms with Crippen molar-refractivity contribution in [2.45, 2.75) is 31.7 Å². The number of nitrogens with zero attached hydrogens (tertiary/aromatic N) is 1. The number of carbonyl (C=O) groups is 3. The second-order valence-corrected chi connectivity index (χ2v) is 9.87. The summed E-state index contributed by atoms with van der Waals surface area (Å²) in [6, 6.07) is 35.3. The zero-order chi connectivity index (χ0) is 27.4. The summed E-state index contributed by atoms with van der Waals surface area (Å²) in [6.07, 6.45) is -0.978. The molecule has 0 bridgehead atoms. The number of ether oxygens (including phenoxy) is 1. The van der Waals surface area contributed by atoms with Gasteiger partial charge in [-0.05, 0) is 35.7 Å². The third-order valence-corrected chi connectivity index (χ3v) is 7.27. The van der Waals surface area contributed by atoms with Crippen LogP contribution in [0.25, 0.3) is 0 Å². The maximum atomic E-state index is 14.4. The summed E-state index contributed by atoms with van der Waals surface area (Å²) in [4.78, 5) is 43.7. The Morgan fingerprint density at radius 3 is 1.77 bits per heavy atom. The predicted octanol–water partition coefficient (Wildman–Crippen LogP) is 5.95. The number of hydrogen-bond donors (Lipinski definition) is 1. The van der Waals surface area contributed by atoms with Crippen LogP contribution in [0, 0.1) is 5.92 Å². The SMILES string of the molecule is CC(C)[C@]1([C@@H](NC(=O)c2ccccc2)c2ccccc2)C(=O)O[C@H](c2ccccc2)N1C(=O)c1ccccc1. The third kappa shape index (κ3) is 4.70. The minimum Gasteiger partial charge on any atom is -0.435 e. The largest absolute Gasteiger partial charge is 0.435 e. The third-order valence-electron chi connectivity index (χ3n) is 7.27. The molecule has 1 heterocycles. The maximum absolute atomic E-state index is 14.4. The summed E-state index contributed by atoms with van der Waals surface area (Å²) >= 11 is 0. The van der Waals surface area contributed by atoms with Gasteiger partial charge in [-0.1, -0.05) is 111 Å². The number of cyclic esters (lactones) is 1. The summed E-state index contributed by atoms with van der Waals surface area (Å²) < 4.78 is 6.08. The van der Waals surface area contributed by atoms with Crippen molar-refractivity contribution in [2.75, 3.05) is 0 Å². The lowest BCUT2D eigenvalue weighted by molar-refractivity contribution is -0.147. The topological polar surface area (TPSA) is 75.7 Å². The van der Waals surface area contributed by atoms with Gasteiger partial charge in [0.05, 0.1) is 6.04 Å². The van der Waals surface area contributed by atoms with Gasteiger partial charge in [0.25, 0.3) is 11.8 Å². The van der Waals surface area contributed by atoms with Crippen LogP contribution in [0.5, 0.6) is 0 Å². The Morgan fingerprint density at radius 2 is 1.23 bits per heavy atom. The fraction of sp³-hybridized carbons (Fsp3) is 0.182. The monoisotopic (exact) mass is 518 g/mol. The van der Waals surface area contributed by atoms with Crippen LogP contribution in [0.2, 0.25) is 0 Å². The zero-order valence-corrected chi connectivity index (χ0v) is 21.9. The summed E-state index contributed by atoms with van der Waals surface area (Å²) in [7, 11) is 0. The highest BCUT2D eigenvalue weighted by Crippen LogP contribution is 2.50. The minimum absolute atomic E-state index is 0.354. The van der Waals surface area contributed by atoms with Crippen LogP contribution in [-0.4, -0.2) is 28.2 Å². The standard InChI is InChI=1S/C33H30N2O4/c1-23(2)33(28(24-15-7-3-8-16-24)34-29(36)25-17-9-4-10-18-25)32(38)39-31(27-21-13-6-14-22-27)35(33)30(37)26-19-11-5-12-20-26/h3-23,28,31H,1-2H3,(H,34,36)/t28-,31+,33-/m0/s1. The van der Waals surface area contributed by atoms with Crippen LogP contribution < -0.4 is 5.32 Å².